The SMILES string of the molecule is C[C@@]1(C(=O)NCCc2ccccc2)C[C@H]2CNCC[C@H]2N1Cc1cccc(Cl)c1. The molecule has 0 bridgehead atoms. The summed E-state index contributed by atoms with van der Waals surface area (Å²) in [7, 11) is 0. The molecule has 0 aromatic heterocycles. The second-order valence-electron chi connectivity index (χ2n) is 8.55. The van der Waals surface area contributed by atoms with Crippen molar-refractivity contribution in [2.75, 3.05) is 19.6 Å². The number of nitrogens with one attached hydrogen (secondary N) is 2. The summed E-state index contributed by atoms with van der Waals surface area (Å²) in [6.45, 7) is 5.54. The highest BCUT2D eigenvalue weighted by Gasteiger charge is 2.53. The van der Waals surface area contributed by atoms with Crippen LogP contribution in [0, 0.1) is 5.92 Å². The standard InChI is InChI=1S/C24H30ClN3O/c1-24(23(29)27-13-10-18-6-3-2-4-7-18)15-20-16-26-12-11-22(20)28(24)17-19-8-5-9-21(25)14-19/h2-9,14,20,22,26H,10-13,15-17H2,1H3,(H,27,29)/t20-,22+,24-/m0/s1. The van der Waals surface area contributed by atoms with E-state index in [2.05, 4.69) is 40.7 Å². The van der Waals surface area contributed by atoms with E-state index < -0.39 is 5.54 Å². The third kappa shape index (κ3) is 4.50. The van der Waals surface area contributed by atoms with Gasteiger partial charge in [-0.3, -0.25) is 9.69 Å². The molecule has 2 heterocycles. The number of nitrogens with zero attached hydrogens (tertiary/aromatic N) is 1. The molecule has 0 unspecified atom stereocenters. The molecule has 5 heteroatoms. The number of amides is 1. The first-order valence-electron chi connectivity index (χ1n) is 10.6. The number of carbonyl (C=O) groups is 1. The average molecular weight is 412 g/mol. The van der Waals surface area contributed by atoms with E-state index in [4.69, 9.17) is 11.6 Å². The fraction of sp³-hybridized carbons (Fsp3) is 0.458. The minimum Gasteiger partial charge on any atom is -0.354 e. The van der Waals surface area contributed by atoms with Crippen molar-refractivity contribution in [2.45, 2.75) is 44.3 Å². The first-order chi connectivity index (χ1) is 14.1. The second kappa shape index (κ2) is 8.86. The van der Waals surface area contributed by atoms with Crippen LogP contribution in [-0.4, -0.2) is 42.0 Å². The Morgan fingerprint density at radius 3 is 2.79 bits per heavy atom. The molecule has 154 valence electrons. The Kier molecular flexibility index (Phi) is 6.23. The van der Waals surface area contributed by atoms with Gasteiger partial charge in [0.1, 0.15) is 0 Å². The van der Waals surface area contributed by atoms with E-state index >= 15 is 0 Å². The number of likely N-dealkylation sites (tertiary alicyclic amines) is 1. The molecular formula is C24H30ClN3O. The lowest BCUT2D eigenvalue weighted by Crippen LogP contribution is -2.55. The van der Waals surface area contributed by atoms with Gasteiger partial charge in [-0.2, -0.15) is 0 Å². The summed E-state index contributed by atoms with van der Waals surface area (Å²) in [5.74, 6) is 0.651. The van der Waals surface area contributed by atoms with Crippen molar-refractivity contribution in [3.05, 3.63) is 70.7 Å². The van der Waals surface area contributed by atoms with E-state index in [9.17, 15) is 4.79 Å². The van der Waals surface area contributed by atoms with E-state index in [1.54, 1.807) is 0 Å². The van der Waals surface area contributed by atoms with Crippen LogP contribution in [0.15, 0.2) is 54.6 Å². The maximum atomic E-state index is 13.4. The third-order valence-electron chi connectivity index (χ3n) is 6.53. The van der Waals surface area contributed by atoms with E-state index in [0.29, 0.717) is 18.5 Å². The summed E-state index contributed by atoms with van der Waals surface area (Å²) in [6.07, 6.45) is 2.83. The van der Waals surface area contributed by atoms with Crippen molar-refractivity contribution in [3.63, 3.8) is 0 Å². The highest BCUT2D eigenvalue weighted by Crippen LogP contribution is 2.42. The lowest BCUT2D eigenvalue weighted by Gasteiger charge is -2.38. The van der Waals surface area contributed by atoms with Gasteiger partial charge in [0, 0.05) is 24.2 Å². The lowest BCUT2D eigenvalue weighted by atomic mass is 9.89. The minimum absolute atomic E-state index is 0.143. The number of piperidine rings is 1. The number of hydrogen-bond donors (Lipinski definition) is 2. The Morgan fingerprint density at radius 1 is 1.21 bits per heavy atom. The van der Waals surface area contributed by atoms with E-state index in [1.165, 1.54) is 11.1 Å². The molecule has 2 aliphatic rings. The van der Waals surface area contributed by atoms with Crippen LogP contribution in [-0.2, 0) is 17.8 Å². The van der Waals surface area contributed by atoms with Crippen LogP contribution in [0.4, 0.5) is 0 Å². The Morgan fingerprint density at radius 2 is 2.00 bits per heavy atom. The molecule has 3 atom stereocenters. The maximum absolute atomic E-state index is 13.4. The van der Waals surface area contributed by atoms with Gasteiger partial charge in [0.2, 0.25) is 5.91 Å². The van der Waals surface area contributed by atoms with Gasteiger partial charge >= 0.3 is 0 Å². The van der Waals surface area contributed by atoms with Crippen LogP contribution in [0.3, 0.4) is 0 Å². The Hall–Kier alpha value is -1.88. The maximum Gasteiger partial charge on any atom is 0.240 e. The monoisotopic (exact) mass is 411 g/mol. The summed E-state index contributed by atoms with van der Waals surface area (Å²) < 4.78 is 0. The molecule has 0 aliphatic carbocycles. The van der Waals surface area contributed by atoms with Crippen molar-refractivity contribution in [1.82, 2.24) is 15.5 Å². The molecule has 2 fully saturated rings. The molecule has 2 aromatic rings. The van der Waals surface area contributed by atoms with Gasteiger partial charge in [-0.15, -0.1) is 0 Å². The molecule has 0 spiro atoms. The summed E-state index contributed by atoms with van der Waals surface area (Å²) >= 11 is 6.22. The van der Waals surface area contributed by atoms with Gasteiger partial charge in [-0.05, 0) is 68.5 Å². The molecule has 1 amide bonds. The molecule has 2 saturated heterocycles. The van der Waals surface area contributed by atoms with E-state index in [1.807, 2.05) is 36.4 Å². The first kappa shape index (κ1) is 20.4. The van der Waals surface area contributed by atoms with Gasteiger partial charge in [0.15, 0.2) is 0 Å². The van der Waals surface area contributed by atoms with Gasteiger partial charge in [-0.25, -0.2) is 0 Å². The summed E-state index contributed by atoms with van der Waals surface area (Å²) in [5.41, 5.74) is 1.92. The highest BCUT2D eigenvalue weighted by molar-refractivity contribution is 6.30. The summed E-state index contributed by atoms with van der Waals surface area (Å²) in [5, 5.41) is 7.48. The summed E-state index contributed by atoms with van der Waals surface area (Å²) in [6, 6.07) is 18.8. The number of benzene rings is 2. The van der Waals surface area contributed by atoms with Crippen molar-refractivity contribution in [2.24, 2.45) is 5.92 Å². The molecule has 4 nitrogen and oxygen atoms in total. The highest BCUT2D eigenvalue weighted by atomic mass is 35.5. The van der Waals surface area contributed by atoms with Crippen molar-refractivity contribution >= 4 is 17.5 Å². The Bertz CT molecular complexity index is 843. The van der Waals surface area contributed by atoms with Crippen LogP contribution in [0.5, 0.6) is 0 Å². The van der Waals surface area contributed by atoms with Crippen LogP contribution in [0.1, 0.15) is 30.9 Å². The predicted molar refractivity (Wildman–Crippen MR) is 118 cm³/mol. The largest absolute Gasteiger partial charge is 0.354 e. The van der Waals surface area contributed by atoms with Crippen LogP contribution < -0.4 is 10.6 Å². The van der Waals surface area contributed by atoms with Crippen LogP contribution >= 0.6 is 11.6 Å². The number of halogens is 1. The lowest BCUT2D eigenvalue weighted by molar-refractivity contribution is -0.132. The third-order valence-corrected chi connectivity index (χ3v) is 6.77. The molecule has 29 heavy (non-hydrogen) atoms. The quantitative estimate of drug-likeness (QED) is 0.762. The van der Waals surface area contributed by atoms with Gasteiger partial charge in [0.25, 0.3) is 0 Å². The smallest absolute Gasteiger partial charge is 0.240 e. The fourth-order valence-corrected chi connectivity index (χ4v) is 5.24. The van der Waals surface area contributed by atoms with Crippen LogP contribution in [0.25, 0.3) is 0 Å². The number of hydrogen-bond acceptors (Lipinski definition) is 3. The van der Waals surface area contributed by atoms with Gasteiger partial charge < -0.3 is 10.6 Å². The normalized spacial score (nSPS) is 26.8. The Labute approximate surface area is 178 Å². The molecule has 4 rings (SSSR count). The Balaban J connectivity index is 1.49. The first-order valence-corrected chi connectivity index (χ1v) is 11.0. The number of carbonyl (C=O) groups excluding carboxylic acids is 1. The zero-order valence-electron chi connectivity index (χ0n) is 17.0. The van der Waals surface area contributed by atoms with E-state index in [0.717, 1.165) is 43.9 Å². The predicted octanol–water partition coefficient (Wildman–Crippen LogP) is 3.64. The van der Waals surface area contributed by atoms with Crippen molar-refractivity contribution in [1.29, 1.82) is 0 Å². The molecular weight excluding hydrogens is 382 g/mol. The van der Waals surface area contributed by atoms with Gasteiger partial charge in [-0.1, -0.05) is 54.1 Å². The molecule has 0 saturated carbocycles. The zero-order valence-corrected chi connectivity index (χ0v) is 17.8. The average Bonchev–Trinajstić information content (AvgIpc) is 3.02. The minimum atomic E-state index is -0.500. The van der Waals surface area contributed by atoms with Crippen molar-refractivity contribution in [3.8, 4) is 0 Å². The molecule has 2 aromatic carbocycles. The molecule has 0 radical (unpaired) electrons. The zero-order chi connectivity index (χ0) is 20.3. The van der Waals surface area contributed by atoms with Crippen molar-refractivity contribution < 1.29 is 4.79 Å². The second-order valence-corrected chi connectivity index (χ2v) is 8.98. The topological polar surface area (TPSA) is 44.4 Å². The number of fused-ring (bicyclic) bond motifs is 1. The molecule has 2 N–H and O–H groups in total. The van der Waals surface area contributed by atoms with Gasteiger partial charge in [0.05, 0.1) is 5.54 Å². The number of rotatable bonds is 6. The summed E-state index contributed by atoms with van der Waals surface area (Å²) in [4.78, 5) is 15.8. The molecule has 2 aliphatic heterocycles. The van der Waals surface area contributed by atoms with Crippen LogP contribution in [0.2, 0.25) is 5.02 Å². The van der Waals surface area contributed by atoms with E-state index in [-0.39, 0.29) is 5.91 Å². The fourth-order valence-electron chi connectivity index (χ4n) is 5.02.